The highest BCUT2D eigenvalue weighted by molar-refractivity contribution is 5.32. The molecule has 0 spiro atoms. The van der Waals surface area contributed by atoms with Crippen molar-refractivity contribution in [3.8, 4) is 0 Å². The maximum absolute atomic E-state index is 3.72. The zero-order valence-electron chi connectivity index (χ0n) is 12.9. The fourth-order valence-electron chi connectivity index (χ4n) is 4.32. The third-order valence-corrected chi connectivity index (χ3v) is 5.34. The van der Waals surface area contributed by atoms with Crippen LogP contribution in [0.3, 0.4) is 0 Å². The monoisotopic (exact) mass is 271 g/mol. The third-order valence-electron chi connectivity index (χ3n) is 5.34. The summed E-state index contributed by atoms with van der Waals surface area (Å²) in [6, 6.07) is 9.99. The van der Waals surface area contributed by atoms with Gasteiger partial charge in [-0.15, -0.1) is 0 Å². The van der Waals surface area contributed by atoms with Crippen LogP contribution in [-0.4, -0.2) is 12.6 Å². The Morgan fingerprint density at radius 2 is 2.05 bits per heavy atom. The smallest absolute Gasteiger partial charge is 0.00698 e. The first-order valence-corrected chi connectivity index (χ1v) is 8.68. The van der Waals surface area contributed by atoms with Crippen LogP contribution in [0.25, 0.3) is 0 Å². The third kappa shape index (κ3) is 3.25. The number of nitrogens with one attached hydrogen (secondary N) is 1. The molecule has 0 saturated heterocycles. The molecule has 0 radical (unpaired) electrons. The van der Waals surface area contributed by atoms with Crippen molar-refractivity contribution in [1.82, 2.24) is 5.32 Å². The number of rotatable bonds is 5. The zero-order chi connectivity index (χ0) is 13.8. The molecule has 1 N–H and O–H groups in total. The summed E-state index contributed by atoms with van der Waals surface area (Å²) >= 11 is 0. The molecule has 3 atom stereocenters. The van der Waals surface area contributed by atoms with E-state index >= 15 is 0 Å². The van der Waals surface area contributed by atoms with Gasteiger partial charge in [0.25, 0.3) is 0 Å². The molecule has 2 aliphatic rings. The Hall–Kier alpha value is -0.820. The van der Waals surface area contributed by atoms with Gasteiger partial charge in [0.15, 0.2) is 0 Å². The van der Waals surface area contributed by atoms with Crippen LogP contribution in [0.15, 0.2) is 24.3 Å². The topological polar surface area (TPSA) is 12.0 Å². The highest BCUT2D eigenvalue weighted by atomic mass is 14.9. The molecular weight excluding hydrogens is 242 g/mol. The molecule has 1 heteroatoms. The fourth-order valence-corrected chi connectivity index (χ4v) is 4.32. The lowest BCUT2D eigenvalue weighted by atomic mass is 9.78. The molecule has 1 aromatic carbocycles. The van der Waals surface area contributed by atoms with Crippen LogP contribution in [0.5, 0.6) is 0 Å². The van der Waals surface area contributed by atoms with E-state index in [1.165, 1.54) is 57.9 Å². The summed E-state index contributed by atoms with van der Waals surface area (Å²) in [5.41, 5.74) is 3.30. The number of hydrogen-bond donors (Lipinski definition) is 1. The minimum Gasteiger partial charge on any atom is -0.314 e. The highest BCUT2D eigenvalue weighted by Crippen LogP contribution is 2.40. The SMILES string of the molecule is CCCNC1CCC(CC2CCCc3ccccc32)C1. The van der Waals surface area contributed by atoms with E-state index in [-0.39, 0.29) is 0 Å². The fraction of sp³-hybridized carbons (Fsp3) is 0.684. The molecule has 0 aromatic heterocycles. The van der Waals surface area contributed by atoms with E-state index in [0.29, 0.717) is 0 Å². The maximum atomic E-state index is 3.72. The Labute approximate surface area is 124 Å². The normalized spacial score (nSPS) is 29.4. The Morgan fingerprint density at radius 3 is 2.95 bits per heavy atom. The number of hydrogen-bond acceptors (Lipinski definition) is 1. The number of benzene rings is 1. The molecule has 3 rings (SSSR count). The molecular formula is C19H29N. The van der Waals surface area contributed by atoms with Crippen LogP contribution in [0.1, 0.15) is 68.9 Å². The van der Waals surface area contributed by atoms with Crippen molar-refractivity contribution in [2.45, 2.75) is 70.3 Å². The second-order valence-electron chi connectivity index (χ2n) is 6.85. The van der Waals surface area contributed by atoms with Gasteiger partial charge in [-0.05, 0) is 80.9 Å². The molecule has 0 heterocycles. The van der Waals surface area contributed by atoms with Crippen molar-refractivity contribution >= 4 is 0 Å². The second-order valence-corrected chi connectivity index (χ2v) is 6.85. The van der Waals surface area contributed by atoms with Crippen LogP contribution >= 0.6 is 0 Å². The largest absolute Gasteiger partial charge is 0.314 e. The van der Waals surface area contributed by atoms with Crippen LogP contribution < -0.4 is 5.32 Å². The summed E-state index contributed by atoms with van der Waals surface area (Å²) in [6.45, 7) is 3.46. The first-order chi connectivity index (χ1) is 9.86. The minimum atomic E-state index is 0.804. The Balaban J connectivity index is 1.57. The second kappa shape index (κ2) is 6.76. The molecule has 110 valence electrons. The van der Waals surface area contributed by atoms with E-state index in [2.05, 4.69) is 36.5 Å². The number of fused-ring (bicyclic) bond motifs is 1. The zero-order valence-corrected chi connectivity index (χ0v) is 12.9. The first-order valence-electron chi connectivity index (χ1n) is 8.68. The van der Waals surface area contributed by atoms with Gasteiger partial charge >= 0.3 is 0 Å². The first kappa shape index (κ1) is 14.1. The van der Waals surface area contributed by atoms with Gasteiger partial charge in [0.1, 0.15) is 0 Å². The quantitative estimate of drug-likeness (QED) is 0.821. The summed E-state index contributed by atoms with van der Waals surface area (Å²) in [5.74, 6) is 1.80. The van der Waals surface area contributed by atoms with Gasteiger partial charge in [-0.3, -0.25) is 0 Å². The van der Waals surface area contributed by atoms with Gasteiger partial charge in [0.2, 0.25) is 0 Å². The Kier molecular flexibility index (Phi) is 4.77. The molecule has 1 nitrogen and oxygen atoms in total. The van der Waals surface area contributed by atoms with Crippen LogP contribution in [0, 0.1) is 5.92 Å². The lowest BCUT2D eigenvalue weighted by Crippen LogP contribution is -2.27. The molecule has 0 aliphatic heterocycles. The Morgan fingerprint density at radius 1 is 1.15 bits per heavy atom. The standard InChI is InChI=1S/C19H29N/c1-2-12-20-18-11-10-15(14-18)13-17-8-5-7-16-6-3-4-9-19(16)17/h3-4,6,9,15,17-18,20H,2,5,7-8,10-14H2,1H3. The van der Waals surface area contributed by atoms with Gasteiger partial charge in [-0.1, -0.05) is 31.2 Å². The highest BCUT2D eigenvalue weighted by Gasteiger charge is 2.28. The summed E-state index contributed by atoms with van der Waals surface area (Å²) in [5, 5.41) is 3.72. The maximum Gasteiger partial charge on any atom is 0.00698 e. The summed E-state index contributed by atoms with van der Waals surface area (Å²) in [7, 11) is 0. The van der Waals surface area contributed by atoms with E-state index in [1.54, 1.807) is 11.1 Å². The van der Waals surface area contributed by atoms with E-state index in [0.717, 1.165) is 17.9 Å². The molecule has 3 unspecified atom stereocenters. The predicted molar refractivity (Wildman–Crippen MR) is 86.2 cm³/mol. The van der Waals surface area contributed by atoms with Gasteiger partial charge < -0.3 is 5.32 Å². The van der Waals surface area contributed by atoms with Crippen molar-refractivity contribution in [2.24, 2.45) is 5.92 Å². The van der Waals surface area contributed by atoms with Crippen molar-refractivity contribution in [3.05, 3.63) is 35.4 Å². The predicted octanol–water partition coefficient (Wildman–Crippen LogP) is 4.66. The van der Waals surface area contributed by atoms with Crippen molar-refractivity contribution in [1.29, 1.82) is 0 Å². The van der Waals surface area contributed by atoms with Crippen LogP contribution in [0.4, 0.5) is 0 Å². The van der Waals surface area contributed by atoms with Gasteiger partial charge in [-0.2, -0.15) is 0 Å². The van der Waals surface area contributed by atoms with Crippen LogP contribution in [0.2, 0.25) is 0 Å². The molecule has 1 fully saturated rings. The van der Waals surface area contributed by atoms with Crippen molar-refractivity contribution in [2.75, 3.05) is 6.54 Å². The average molecular weight is 271 g/mol. The number of aryl methyl sites for hydroxylation is 1. The Bertz CT molecular complexity index is 426. The van der Waals surface area contributed by atoms with Crippen molar-refractivity contribution in [3.63, 3.8) is 0 Å². The van der Waals surface area contributed by atoms with Gasteiger partial charge in [0, 0.05) is 6.04 Å². The summed E-state index contributed by atoms with van der Waals surface area (Å²) in [4.78, 5) is 0. The van der Waals surface area contributed by atoms with E-state index < -0.39 is 0 Å². The van der Waals surface area contributed by atoms with E-state index in [4.69, 9.17) is 0 Å². The lowest BCUT2D eigenvalue weighted by molar-refractivity contribution is 0.398. The molecule has 1 aromatic rings. The average Bonchev–Trinajstić information content (AvgIpc) is 2.93. The molecule has 0 amide bonds. The van der Waals surface area contributed by atoms with Crippen molar-refractivity contribution < 1.29 is 0 Å². The van der Waals surface area contributed by atoms with Gasteiger partial charge in [0.05, 0.1) is 0 Å². The molecule has 2 aliphatic carbocycles. The molecule has 0 bridgehead atoms. The summed E-state index contributed by atoms with van der Waals surface area (Å²) < 4.78 is 0. The molecule has 20 heavy (non-hydrogen) atoms. The minimum absolute atomic E-state index is 0.804. The lowest BCUT2D eigenvalue weighted by Gasteiger charge is -2.27. The van der Waals surface area contributed by atoms with E-state index in [1.807, 2.05) is 0 Å². The van der Waals surface area contributed by atoms with E-state index in [9.17, 15) is 0 Å². The summed E-state index contributed by atoms with van der Waals surface area (Å²) in [6.07, 6.45) is 11.1. The molecule has 1 saturated carbocycles. The van der Waals surface area contributed by atoms with Gasteiger partial charge in [-0.25, -0.2) is 0 Å². The van der Waals surface area contributed by atoms with Crippen LogP contribution in [-0.2, 0) is 6.42 Å².